The second-order valence-corrected chi connectivity index (χ2v) is 16.0. The van der Waals surface area contributed by atoms with Gasteiger partial charge in [0.1, 0.15) is 8.07 Å². The van der Waals surface area contributed by atoms with Gasteiger partial charge >= 0.3 is 0 Å². The lowest BCUT2D eigenvalue weighted by Crippen LogP contribution is -2.16. The minimum absolute atomic E-state index is 0.942. The monoisotopic (exact) mass is 464 g/mol. The molecule has 0 amide bonds. The minimum Gasteiger partial charge on any atom is -0.127 e. The molecule has 0 aromatic heterocycles. The van der Waals surface area contributed by atoms with Gasteiger partial charge < -0.3 is 0 Å². The molecule has 0 bridgehead atoms. The van der Waals surface area contributed by atoms with Crippen LogP contribution in [0.1, 0.15) is 38.9 Å². The van der Waals surface area contributed by atoms with Gasteiger partial charge in [0.15, 0.2) is 0 Å². The summed E-state index contributed by atoms with van der Waals surface area (Å²) in [6, 6.07) is 29.7. The minimum atomic E-state index is -1.48. The molecule has 0 fully saturated rings. The Morgan fingerprint density at radius 2 is 1.17 bits per heavy atom. The molecule has 35 heavy (non-hydrogen) atoms. The molecule has 0 atom stereocenters. The third-order valence-corrected chi connectivity index (χ3v) is 8.51. The van der Waals surface area contributed by atoms with E-state index in [-0.39, 0.29) is 0 Å². The first-order chi connectivity index (χ1) is 17.0. The van der Waals surface area contributed by atoms with Crippen LogP contribution < -0.4 is 0 Å². The molecule has 0 unspecified atom stereocenters. The molecule has 4 aromatic rings. The summed E-state index contributed by atoms with van der Waals surface area (Å²) in [5.41, 5.74) is 22.0. The lowest BCUT2D eigenvalue weighted by Gasteiger charge is -2.14. The Kier molecular flexibility index (Phi) is 4.41. The number of hydrogen-bond acceptors (Lipinski definition) is 0. The lowest BCUT2D eigenvalue weighted by molar-refractivity contribution is 1.21. The molecule has 0 radical (unpaired) electrons. The molecule has 0 spiro atoms. The van der Waals surface area contributed by atoms with Crippen LogP contribution in [0.2, 0.25) is 19.6 Å². The van der Waals surface area contributed by atoms with Crippen molar-refractivity contribution in [2.45, 2.75) is 38.9 Å². The van der Waals surface area contributed by atoms with Gasteiger partial charge in [0.05, 0.1) is 0 Å². The maximum Gasteiger partial charge on any atom is 0.129 e. The Hall–Kier alpha value is -3.60. The van der Waals surface area contributed by atoms with E-state index in [0.717, 1.165) is 19.3 Å². The van der Waals surface area contributed by atoms with Crippen LogP contribution in [0.25, 0.3) is 27.8 Å². The Morgan fingerprint density at radius 3 is 1.97 bits per heavy atom. The summed E-state index contributed by atoms with van der Waals surface area (Å²) >= 11 is 0. The van der Waals surface area contributed by atoms with E-state index in [1.807, 2.05) is 0 Å². The van der Waals surface area contributed by atoms with Crippen LogP contribution in [0, 0.1) is 11.5 Å². The molecule has 0 nitrogen and oxygen atoms in total. The number of rotatable bonds is 1. The molecule has 3 aliphatic carbocycles. The maximum atomic E-state index is 3.68. The van der Waals surface area contributed by atoms with Gasteiger partial charge in [0, 0.05) is 17.6 Å². The highest BCUT2D eigenvalue weighted by molar-refractivity contribution is 6.83. The predicted molar refractivity (Wildman–Crippen MR) is 150 cm³/mol. The number of benzene rings is 4. The van der Waals surface area contributed by atoms with E-state index in [1.165, 1.54) is 72.3 Å². The Morgan fingerprint density at radius 1 is 0.543 bits per heavy atom. The first kappa shape index (κ1) is 20.7. The zero-order chi connectivity index (χ0) is 23.7. The fraction of sp³-hybridized carbons (Fsp3) is 0.176. The fourth-order valence-electron chi connectivity index (χ4n) is 6.13. The van der Waals surface area contributed by atoms with Crippen LogP contribution in [0.3, 0.4) is 0 Å². The molecule has 3 aliphatic rings. The van der Waals surface area contributed by atoms with Crippen molar-refractivity contribution in [2.75, 3.05) is 0 Å². The van der Waals surface area contributed by atoms with Gasteiger partial charge in [-0.15, -0.1) is 5.54 Å². The highest BCUT2D eigenvalue weighted by atomic mass is 28.3. The van der Waals surface area contributed by atoms with Gasteiger partial charge in [-0.3, -0.25) is 0 Å². The van der Waals surface area contributed by atoms with Gasteiger partial charge in [-0.05, 0) is 80.1 Å². The average Bonchev–Trinajstić information content (AvgIpc) is 3.51. The van der Waals surface area contributed by atoms with Gasteiger partial charge in [0.2, 0.25) is 0 Å². The van der Waals surface area contributed by atoms with E-state index in [4.69, 9.17) is 0 Å². The molecule has 7 rings (SSSR count). The van der Waals surface area contributed by atoms with Gasteiger partial charge in [0.25, 0.3) is 0 Å². The largest absolute Gasteiger partial charge is 0.129 e. The van der Waals surface area contributed by atoms with E-state index in [1.54, 1.807) is 0 Å². The molecule has 0 heterocycles. The van der Waals surface area contributed by atoms with Crippen LogP contribution in [-0.2, 0) is 19.3 Å². The van der Waals surface area contributed by atoms with E-state index >= 15 is 0 Å². The Labute approximate surface area is 209 Å². The second kappa shape index (κ2) is 7.45. The van der Waals surface area contributed by atoms with Crippen LogP contribution >= 0.6 is 0 Å². The van der Waals surface area contributed by atoms with Crippen molar-refractivity contribution in [2.24, 2.45) is 0 Å². The molecular formula is C34H28Si. The molecule has 4 aromatic carbocycles. The zero-order valence-corrected chi connectivity index (χ0v) is 21.6. The third kappa shape index (κ3) is 3.28. The van der Waals surface area contributed by atoms with Crippen LogP contribution in [-0.4, -0.2) is 8.07 Å². The third-order valence-electron chi connectivity index (χ3n) is 7.63. The topological polar surface area (TPSA) is 0 Å². The molecular weight excluding hydrogens is 436 g/mol. The number of hydrogen-bond donors (Lipinski definition) is 0. The summed E-state index contributed by atoms with van der Waals surface area (Å²) in [5.74, 6) is 3.68. The van der Waals surface area contributed by atoms with Crippen molar-refractivity contribution in [3.8, 4) is 33.7 Å². The molecule has 168 valence electrons. The normalized spacial score (nSPS) is 14.6. The highest BCUT2D eigenvalue weighted by Crippen LogP contribution is 2.49. The SMILES string of the molecule is C[Si](C)(C)C#CC1=C(c2cccc3c2-c2cc4c(cc2C3)Cc2ccccc2-4)c2ccccc2C1. The van der Waals surface area contributed by atoms with Crippen molar-refractivity contribution in [3.63, 3.8) is 0 Å². The molecule has 0 saturated heterocycles. The van der Waals surface area contributed by atoms with Crippen LogP contribution in [0.15, 0.2) is 84.4 Å². The second-order valence-electron chi connectivity index (χ2n) is 11.2. The van der Waals surface area contributed by atoms with Crippen LogP contribution in [0.5, 0.6) is 0 Å². The van der Waals surface area contributed by atoms with Gasteiger partial charge in [-0.1, -0.05) is 98.4 Å². The van der Waals surface area contributed by atoms with E-state index in [2.05, 4.69) is 110 Å². The Bertz CT molecular complexity index is 1650. The van der Waals surface area contributed by atoms with Crippen molar-refractivity contribution in [1.29, 1.82) is 0 Å². The van der Waals surface area contributed by atoms with E-state index < -0.39 is 8.07 Å². The van der Waals surface area contributed by atoms with Crippen molar-refractivity contribution >= 4 is 13.6 Å². The number of fused-ring (bicyclic) bond motifs is 7. The van der Waals surface area contributed by atoms with Crippen molar-refractivity contribution < 1.29 is 0 Å². The summed E-state index contributed by atoms with van der Waals surface area (Å²) in [6.45, 7) is 6.99. The van der Waals surface area contributed by atoms with Crippen molar-refractivity contribution in [1.82, 2.24) is 0 Å². The lowest BCUT2D eigenvalue weighted by atomic mass is 9.89. The highest BCUT2D eigenvalue weighted by Gasteiger charge is 2.30. The van der Waals surface area contributed by atoms with Gasteiger partial charge in [-0.2, -0.15) is 0 Å². The smallest absolute Gasteiger partial charge is 0.127 e. The molecule has 0 N–H and O–H groups in total. The maximum absolute atomic E-state index is 3.68. The van der Waals surface area contributed by atoms with Crippen LogP contribution in [0.4, 0.5) is 0 Å². The summed E-state index contributed by atoms with van der Waals surface area (Å²) < 4.78 is 0. The molecule has 1 heteroatoms. The fourth-order valence-corrected chi connectivity index (χ4v) is 6.66. The Balaban J connectivity index is 1.46. The predicted octanol–water partition coefficient (Wildman–Crippen LogP) is 8.07. The summed E-state index contributed by atoms with van der Waals surface area (Å²) in [6.07, 6.45) is 3.01. The standard InChI is InChI=1S/C34H28Si/c1-35(2,3)16-15-25-17-23-10-5-7-13-29(23)33(25)30-14-8-11-24-19-27-20-26-18-22-9-4-6-12-28(22)31(26)21-32(27)34(24)30/h4-14,20-21H,17-19H2,1-3H3. The number of allylic oxidation sites excluding steroid dienone is 1. The molecule has 0 aliphatic heterocycles. The van der Waals surface area contributed by atoms with E-state index in [0.29, 0.717) is 0 Å². The first-order valence-corrected chi connectivity index (χ1v) is 16.2. The van der Waals surface area contributed by atoms with Crippen molar-refractivity contribution in [3.05, 3.63) is 123 Å². The average molecular weight is 465 g/mol. The quantitative estimate of drug-likeness (QED) is 0.170. The summed E-state index contributed by atoms with van der Waals surface area (Å²) in [4.78, 5) is 0. The zero-order valence-electron chi connectivity index (χ0n) is 20.6. The first-order valence-electron chi connectivity index (χ1n) is 12.7. The summed E-state index contributed by atoms with van der Waals surface area (Å²) in [7, 11) is -1.48. The van der Waals surface area contributed by atoms with E-state index in [9.17, 15) is 0 Å². The summed E-state index contributed by atoms with van der Waals surface area (Å²) in [5, 5.41) is 0. The molecule has 0 saturated carbocycles. The van der Waals surface area contributed by atoms with Gasteiger partial charge in [-0.25, -0.2) is 0 Å².